The number of alkyl halides is 6. The van der Waals surface area contributed by atoms with Crippen LogP contribution in [-0.4, -0.2) is 22.6 Å². The molecule has 0 spiro atoms. The van der Waals surface area contributed by atoms with Crippen LogP contribution in [0.15, 0.2) is 24.3 Å². The average Bonchev–Trinajstić information content (AvgIpc) is 2.55. The summed E-state index contributed by atoms with van der Waals surface area (Å²) in [6.45, 7) is 5.51. The first-order valence-electron chi connectivity index (χ1n) is 8.40. The van der Waals surface area contributed by atoms with Crippen LogP contribution in [0.3, 0.4) is 0 Å². The Morgan fingerprint density at radius 3 is 1.71 bits per heavy atom. The van der Waals surface area contributed by atoms with Gasteiger partial charge in [-0.3, -0.25) is 0 Å². The molecule has 2 atom stereocenters. The van der Waals surface area contributed by atoms with Crippen LogP contribution in [0.4, 0.5) is 26.3 Å². The van der Waals surface area contributed by atoms with E-state index in [1.807, 2.05) is 0 Å². The second kappa shape index (κ2) is 5.73. The number of rotatable bonds is 0. The standard InChI is InChI=1S/C20H18F6O2/c1-9-5-6-13-14(7-9)17(27,19(21,22)23)15-8-10(2)11(3)12(4)16(15)18(13,28)20(24,25)26/h5-8,27-28H,1-4H3. The molecule has 2 aromatic carbocycles. The first-order chi connectivity index (χ1) is 12.6. The fraction of sp³-hybridized carbons (Fsp3) is 0.400. The summed E-state index contributed by atoms with van der Waals surface area (Å²) in [5.74, 6) is 0. The molecule has 152 valence electrons. The van der Waals surface area contributed by atoms with Gasteiger partial charge in [0.25, 0.3) is 0 Å². The summed E-state index contributed by atoms with van der Waals surface area (Å²) in [7, 11) is 0. The van der Waals surface area contributed by atoms with Gasteiger partial charge in [-0.25, -0.2) is 0 Å². The lowest BCUT2D eigenvalue weighted by atomic mass is 9.64. The molecule has 0 aromatic heterocycles. The molecule has 2 unspecified atom stereocenters. The molecule has 0 saturated carbocycles. The third-order valence-corrected chi connectivity index (χ3v) is 5.69. The van der Waals surface area contributed by atoms with Crippen molar-refractivity contribution in [3.8, 4) is 0 Å². The molecule has 28 heavy (non-hydrogen) atoms. The predicted octanol–water partition coefficient (Wildman–Crippen LogP) is 4.83. The summed E-state index contributed by atoms with van der Waals surface area (Å²) in [5.41, 5.74) is -10.7. The Bertz CT molecular complexity index is 976. The molecule has 0 amide bonds. The highest BCUT2D eigenvalue weighted by Crippen LogP contribution is 2.59. The zero-order valence-electron chi connectivity index (χ0n) is 15.5. The normalized spacial score (nSPS) is 24.7. The van der Waals surface area contributed by atoms with Gasteiger partial charge in [-0.1, -0.05) is 29.8 Å². The Morgan fingerprint density at radius 2 is 1.21 bits per heavy atom. The molecule has 2 N–H and O–H groups in total. The minimum Gasteiger partial charge on any atom is -0.372 e. The van der Waals surface area contributed by atoms with E-state index in [9.17, 15) is 36.6 Å². The summed E-state index contributed by atoms with van der Waals surface area (Å²) in [6.07, 6.45) is -10.6. The maximum Gasteiger partial charge on any atom is 0.425 e. The van der Waals surface area contributed by atoms with E-state index in [1.165, 1.54) is 33.8 Å². The van der Waals surface area contributed by atoms with Crippen LogP contribution in [0.1, 0.15) is 44.5 Å². The van der Waals surface area contributed by atoms with Crippen molar-refractivity contribution in [3.63, 3.8) is 0 Å². The van der Waals surface area contributed by atoms with Crippen molar-refractivity contribution in [2.24, 2.45) is 0 Å². The lowest BCUT2D eigenvalue weighted by molar-refractivity contribution is -0.270. The molecule has 0 fully saturated rings. The second-order valence-electron chi connectivity index (χ2n) is 7.33. The van der Waals surface area contributed by atoms with E-state index in [1.54, 1.807) is 0 Å². The molecule has 3 rings (SSSR count). The molecule has 0 heterocycles. The molecule has 1 aliphatic rings. The van der Waals surface area contributed by atoms with Crippen LogP contribution < -0.4 is 0 Å². The van der Waals surface area contributed by atoms with Crippen molar-refractivity contribution >= 4 is 0 Å². The topological polar surface area (TPSA) is 40.5 Å². The lowest BCUT2D eigenvalue weighted by Gasteiger charge is -2.46. The van der Waals surface area contributed by atoms with Gasteiger partial charge in [0.15, 0.2) is 0 Å². The highest BCUT2D eigenvalue weighted by molar-refractivity contribution is 5.63. The zero-order valence-corrected chi connectivity index (χ0v) is 15.5. The minimum absolute atomic E-state index is 0.149. The molecule has 2 aromatic rings. The van der Waals surface area contributed by atoms with Gasteiger partial charge in [0.1, 0.15) is 0 Å². The van der Waals surface area contributed by atoms with Crippen molar-refractivity contribution in [2.75, 3.05) is 0 Å². The number of aliphatic hydroxyl groups is 2. The molecular formula is C20H18F6O2. The van der Waals surface area contributed by atoms with Crippen LogP contribution >= 0.6 is 0 Å². The third kappa shape index (κ3) is 2.37. The first-order valence-corrected chi connectivity index (χ1v) is 8.40. The number of hydrogen-bond donors (Lipinski definition) is 2. The van der Waals surface area contributed by atoms with E-state index in [0.29, 0.717) is 5.56 Å². The Labute approximate surface area is 157 Å². The number of halogens is 6. The van der Waals surface area contributed by atoms with Gasteiger partial charge in [0, 0.05) is 22.3 Å². The summed E-state index contributed by atoms with van der Waals surface area (Å²) in [4.78, 5) is 0. The smallest absolute Gasteiger partial charge is 0.372 e. The number of aryl methyl sites for hydroxylation is 2. The summed E-state index contributed by atoms with van der Waals surface area (Å²) >= 11 is 0. The van der Waals surface area contributed by atoms with Crippen molar-refractivity contribution in [1.29, 1.82) is 0 Å². The zero-order chi connectivity index (χ0) is 21.4. The predicted molar refractivity (Wildman–Crippen MR) is 89.9 cm³/mol. The summed E-state index contributed by atoms with van der Waals surface area (Å²) in [6, 6.07) is 3.69. The Kier molecular flexibility index (Phi) is 4.23. The quantitative estimate of drug-likeness (QED) is 0.618. The fourth-order valence-corrected chi connectivity index (χ4v) is 3.99. The fourth-order valence-electron chi connectivity index (χ4n) is 3.99. The maximum atomic E-state index is 14.1. The van der Waals surface area contributed by atoms with Gasteiger partial charge < -0.3 is 10.2 Å². The Balaban J connectivity index is 2.65. The summed E-state index contributed by atoms with van der Waals surface area (Å²) in [5, 5.41) is 21.8. The highest BCUT2D eigenvalue weighted by atomic mass is 19.4. The molecule has 0 bridgehead atoms. The number of benzene rings is 2. The van der Waals surface area contributed by atoms with Crippen LogP contribution in [0.25, 0.3) is 0 Å². The number of fused-ring (bicyclic) bond motifs is 2. The molecule has 8 heteroatoms. The third-order valence-electron chi connectivity index (χ3n) is 5.69. The average molecular weight is 404 g/mol. The maximum absolute atomic E-state index is 14.1. The lowest BCUT2D eigenvalue weighted by Crippen LogP contribution is -2.55. The van der Waals surface area contributed by atoms with Gasteiger partial charge in [-0.15, -0.1) is 0 Å². The van der Waals surface area contributed by atoms with Crippen molar-refractivity contribution in [3.05, 3.63) is 68.8 Å². The van der Waals surface area contributed by atoms with E-state index < -0.39 is 45.8 Å². The van der Waals surface area contributed by atoms with Crippen molar-refractivity contribution in [2.45, 2.75) is 51.2 Å². The molecular weight excluding hydrogens is 386 g/mol. The van der Waals surface area contributed by atoms with Gasteiger partial charge in [0.2, 0.25) is 11.2 Å². The molecule has 2 nitrogen and oxygen atoms in total. The molecule has 0 radical (unpaired) electrons. The van der Waals surface area contributed by atoms with Crippen LogP contribution in [-0.2, 0) is 11.2 Å². The molecule has 1 aliphatic carbocycles. The second-order valence-corrected chi connectivity index (χ2v) is 7.33. The van der Waals surface area contributed by atoms with E-state index in [0.717, 1.165) is 18.2 Å². The SMILES string of the molecule is Cc1ccc2c(c1)C(O)(C(F)(F)F)c1cc(C)c(C)c(C)c1C2(O)C(F)(F)F. The first kappa shape index (κ1) is 20.7. The van der Waals surface area contributed by atoms with Crippen LogP contribution in [0.2, 0.25) is 0 Å². The monoisotopic (exact) mass is 404 g/mol. The number of hydrogen-bond acceptors (Lipinski definition) is 2. The van der Waals surface area contributed by atoms with Crippen LogP contribution in [0, 0.1) is 27.7 Å². The van der Waals surface area contributed by atoms with E-state index in [4.69, 9.17) is 0 Å². The Morgan fingerprint density at radius 1 is 0.679 bits per heavy atom. The van der Waals surface area contributed by atoms with Gasteiger partial charge in [-0.05, 0) is 44.4 Å². The highest BCUT2D eigenvalue weighted by Gasteiger charge is 2.69. The largest absolute Gasteiger partial charge is 0.425 e. The van der Waals surface area contributed by atoms with Crippen molar-refractivity contribution < 1.29 is 36.6 Å². The van der Waals surface area contributed by atoms with E-state index >= 15 is 0 Å². The minimum atomic E-state index is -5.31. The molecule has 0 aliphatic heterocycles. The van der Waals surface area contributed by atoms with Crippen LogP contribution in [0.5, 0.6) is 0 Å². The Hall–Kier alpha value is -2.06. The summed E-state index contributed by atoms with van der Waals surface area (Å²) < 4.78 is 84.7. The van der Waals surface area contributed by atoms with E-state index in [-0.39, 0.29) is 16.7 Å². The molecule has 0 saturated heterocycles. The van der Waals surface area contributed by atoms with Gasteiger partial charge in [0.05, 0.1) is 0 Å². The van der Waals surface area contributed by atoms with Gasteiger partial charge in [-0.2, -0.15) is 26.3 Å². The van der Waals surface area contributed by atoms with Crippen molar-refractivity contribution in [1.82, 2.24) is 0 Å². The van der Waals surface area contributed by atoms with E-state index in [2.05, 4.69) is 0 Å². The van der Waals surface area contributed by atoms with Gasteiger partial charge >= 0.3 is 12.4 Å².